The molecule has 0 aliphatic carbocycles. The number of likely N-dealkylation sites (tertiary alicyclic amines) is 1. The van der Waals surface area contributed by atoms with Gasteiger partial charge in [-0.3, -0.25) is 14.5 Å². The molecule has 2 atom stereocenters. The van der Waals surface area contributed by atoms with Crippen LogP contribution < -0.4 is 10.3 Å². The minimum Gasteiger partial charge on any atom is -0.507 e. The summed E-state index contributed by atoms with van der Waals surface area (Å²) in [5, 5.41) is 10.7. The zero-order chi connectivity index (χ0) is 23.9. The summed E-state index contributed by atoms with van der Waals surface area (Å²) < 4.78 is 7.92. The molecule has 3 aliphatic heterocycles. The summed E-state index contributed by atoms with van der Waals surface area (Å²) >= 11 is 0. The SMILES string of the molecule is O=C1/C(=C/C=C/c2ccccc2)Oc2c1ccc(O)c2CN1CC2CC(C1)c1cccc(=O)n1C2. The lowest BCUT2D eigenvalue weighted by Crippen LogP contribution is -2.46. The van der Waals surface area contributed by atoms with Crippen molar-refractivity contribution in [3.63, 3.8) is 0 Å². The molecule has 35 heavy (non-hydrogen) atoms. The minimum atomic E-state index is -0.178. The van der Waals surface area contributed by atoms with E-state index in [1.807, 2.05) is 53.1 Å². The van der Waals surface area contributed by atoms with E-state index < -0.39 is 0 Å². The van der Waals surface area contributed by atoms with Gasteiger partial charge in [0, 0.05) is 43.9 Å². The molecule has 1 fully saturated rings. The molecule has 6 nitrogen and oxygen atoms in total. The fourth-order valence-corrected chi connectivity index (χ4v) is 5.62. The quantitative estimate of drug-likeness (QED) is 0.579. The van der Waals surface area contributed by atoms with Crippen LogP contribution in [0.5, 0.6) is 11.5 Å². The van der Waals surface area contributed by atoms with Crippen LogP contribution in [-0.2, 0) is 13.1 Å². The van der Waals surface area contributed by atoms with Gasteiger partial charge in [-0.25, -0.2) is 0 Å². The fraction of sp³-hybridized carbons (Fsp3) is 0.241. The van der Waals surface area contributed by atoms with E-state index in [9.17, 15) is 14.7 Å². The lowest BCUT2D eigenvalue weighted by molar-refractivity contribution is 0.101. The number of Topliss-reactive ketones (excluding diaryl/α,β-unsaturated/α-hetero) is 1. The van der Waals surface area contributed by atoms with Crippen molar-refractivity contribution in [2.24, 2.45) is 5.92 Å². The third-order valence-corrected chi connectivity index (χ3v) is 7.19. The second kappa shape index (κ2) is 8.71. The molecule has 2 unspecified atom stereocenters. The minimum absolute atomic E-state index is 0.0664. The molecular weight excluding hydrogens is 440 g/mol. The summed E-state index contributed by atoms with van der Waals surface area (Å²) in [6.07, 6.45) is 6.46. The normalized spacial score (nSPS) is 22.3. The van der Waals surface area contributed by atoms with E-state index in [1.54, 1.807) is 30.4 Å². The van der Waals surface area contributed by atoms with E-state index >= 15 is 0 Å². The van der Waals surface area contributed by atoms with Gasteiger partial charge >= 0.3 is 0 Å². The van der Waals surface area contributed by atoms with Gasteiger partial charge in [0.2, 0.25) is 5.78 Å². The summed E-state index contributed by atoms with van der Waals surface area (Å²) in [6.45, 7) is 2.83. The zero-order valence-electron chi connectivity index (χ0n) is 19.3. The van der Waals surface area contributed by atoms with Crippen LogP contribution in [0.25, 0.3) is 6.08 Å². The summed E-state index contributed by atoms with van der Waals surface area (Å²) in [5.74, 6) is 1.30. The Balaban J connectivity index is 1.24. The van der Waals surface area contributed by atoms with Crippen LogP contribution in [0.1, 0.15) is 39.5 Å². The van der Waals surface area contributed by atoms with E-state index in [4.69, 9.17) is 4.74 Å². The first-order valence-electron chi connectivity index (χ1n) is 12.0. The van der Waals surface area contributed by atoms with Crippen LogP contribution in [-0.4, -0.2) is 33.4 Å². The Morgan fingerprint density at radius 2 is 1.83 bits per heavy atom. The number of rotatable bonds is 4. The van der Waals surface area contributed by atoms with Crippen LogP contribution in [0.4, 0.5) is 0 Å². The lowest BCUT2D eigenvalue weighted by Gasteiger charge is -2.42. The second-order valence-corrected chi connectivity index (χ2v) is 9.56. The Morgan fingerprint density at radius 3 is 2.69 bits per heavy atom. The summed E-state index contributed by atoms with van der Waals surface area (Å²) in [4.78, 5) is 27.6. The Kier molecular flexibility index (Phi) is 5.38. The number of ketones is 1. The van der Waals surface area contributed by atoms with Gasteiger partial charge in [0.1, 0.15) is 11.5 Å². The molecule has 3 aromatic rings. The monoisotopic (exact) mass is 466 g/mol. The number of carbonyl (C=O) groups is 1. The number of carbonyl (C=O) groups excluding carboxylic acids is 1. The number of hydrogen-bond acceptors (Lipinski definition) is 5. The van der Waals surface area contributed by atoms with Crippen LogP contribution in [0.3, 0.4) is 0 Å². The Morgan fingerprint density at radius 1 is 0.971 bits per heavy atom. The first-order chi connectivity index (χ1) is 17.1. The highest BCUT2D eigenvalue weighted by molar-refractivity contribution is 6.12. The van der Waals surface area contributed by atoms with Crippen molar-refractivity contribution >= 4 is 11.9 Å². The van der Waals surface area contributed by atoms with Crippen molar-refractivity contribution < 1.29 is 14.6 Å². The highest BCUT2D eigenvalue weighted by Crippen LogP contribution is 2.41. The van der Waals surface area contributed by atoms with Crippen molar-refractivity contribution in [1.29, 1.82) is 0 Å². The molecule has 6 heteroatoms. The molecule has 0 saturated carbocycles. The Labute approximate surface area is 203 Å². The molecule has 6 rings (SSSR count). The van der Waals surface area contributed by atoms with Crippen LogP contribution in [0, 0.1) is 5.92 Å². The van der Waals surface area contributed by atoms with Gasteiger partial charge in [-0.1, -0.05) is 48.6 Å². The predicted molar refractivity (Wildman–Crippen MR) is 133 cm³/mol. The molecule has 1 N–H and O–H groups in total. The average molecular weight is 467 g/mol. The van der Waals surface area contributed by atoms with Gasteiger partial charge < -0.3 is 14.4 Å². The Hall–Kier alpha value is -3.90. The summed E-state index contributed by atoms with van der Waals surface area (Å²) in [7, 11) is 0. The fourth-order valence-electron chi connectivity index (χ4n) is 5.62. The number of piperidine rings is 1. The third kappa shape index (κ3) is 4.00. The van der Waals surface area contributed by atoms with E-state index in [2.05, 4.69) is 4.90 Å². The van der Waals surface area contributed by atoms with Gasteiger partial charge in [0.25, 0.3) is 5.56 Å². The molecule has 176 valence electrons. The topological polar surface area (TPSA) is 71.8 Å². The molecule has 2 aromatic carbocycles. The Bertz CT molecular complexity index is 1420. The van der Waals surface area contributed by atoms with Crippen molar-refractivity contribution in [2.45, 2.75) is 25.4 Å². The number of allylic oxidation sites excluding steroid dienone is 3. The maximum Gasteiger partial charge on any atom is 0.250 e. The molecule has 0 amide bonds. The molecule has 0 spiro atoms. The average Bonchev–Trinajstić information content (AvgIpc) is 3.18. The number of benzene rings is 2. The number of phenolic OH excluding ortho intramolecular Hbond substituents is 1. The molecule has 0 radical (unpaired) electrons. The van der Waals surface area contributed by atoms with Crippen LogP contribution in [0.2, 0.25) is 0 Å². The lowest BCUT2D eigenvalue weighted by atomic mass is 9.83. The largest absolute Gasteiger partial charge is 0.507 e. The first kappa shape index (κ1) is 21.6. The van der Waals surface area contributed by atoms with Crippen molar-refractivity contribution in [3.8, 4) is 11.5 Å². The van der Waals surface area contributed by atoms with E-state index in [0.29, 0.717) is 29.3 Å². The van der Waals surface area contributed by atoms with Gasteiger partial charge in [0.05, 0.1) is 11.1 Å². The number of phenols is 1. The van der Waals surface area contributed by atoms with Gasteiger partial charge in [-0.2, -0.15) is 0 Å². The molecule has 2 bridgehead atoms. The van der Waals surface area contributed by atoms with Crippen molar-refractivity contribution in [1.82, 2.24) is 9.47 Å². The molecule has 1 aromatic heterocycles. The maximum absolute atomic E-state index is 13.0. The zero-order valence-corrected chi connectivity index (χ0v) is 19.3. The number of nitrogens with zero attached hydrogens (tertiary/aromatic N) is 2. The predicted octanol–water partition coefficient (Wildman–Crippen LogP) is 4.35. The van der Waals surface area contributed by atoms with Gasteiger partial charge in [0.15, 0.2) is 5.76 Å². The van der Waals surface area contributed by atoms with E-state index in [-0.39, 0.29) is 28.8 Å². The number of aromatic hydroxyl groups is 1. The van der Waals surface area contributed by atoms with Crippen LogP contribution in [0.15, 0.2) is 83.4 Å². The van der Waals surface area contributed by atoms with Crippen molar-refractivity contribution in [2.75, 3.05) is 13.1 Å². The highest BCUT2D eigenvalue weighted by Gasteiger charge is 2.36. The standard InChI is InChI=1S/C29H26N2O4/c32-25-13-12-22-28(34)26(10-4-8-19-6-2-1-3-7-19)35-29(22)23(25)18-30-15-20-14-21(17-30)24-9-5-11-27(33)31(24)16-20/h1-13,20-21,32H,14-18H2/b8-4+,26-10-. The third-order valence-electron chi connectivity index (χ3n) is 7.19. The first-order valence-corrected chi connectivity index (χ1v) is 12.0. The van der Waals surface area contributed by atoms with Gasteiger partial charge in [-0.05, 0) is 42.2 Å². The molecule has 1 saturated heterocycles. The number of fused-ring (bicyclic) bond motifs is 5. The maximum atomic E-state index is 13.0. The smallest absolute Gasteiger partial charge is 0.250 e. The van der Waals surface area contributed by atoms with Crippen LogP contribution >= 0.6 is 0 Å². The van der Waals surface area contributed by atoms with Gasteiger partial charge in [-0.15, -0.1) is 0 Å². The van der Waals surface area contributed by atoms with E-state index in [1.165, 1.54) is 0 Å². The second-order valence-electron chi connectivity index (χ2n) is 9.56. The summed E-state index contributed by atoms with van der Waals surface area (Å²) in [6, 6.07) is 18.6. The van der Waals surface area contributed by atoms with E-state index in [0.717, 1.165) is 37.3 Å². The highest BCUT2D eigenvalue weighted by atomic mass is 16.5. The molecule has 4 heterocycles. The molecule has 3 aliphatic rings. The number of aromatic nitrogens is 1. The summed E-state index contributed by atoms with van der Waals surface area (Å²) in [5.41, 5.74) is 3.30. The van der Waals surface area contributed by atoms with Crippen molar-refractivity contribution in [3.05, 3.63) is 111 Å². The molecular formula is C29H26N2O4. The number of ether oxygens (including phenoxy) is 1. The number of hydrogen-bond donors (Lipinski definition) is 1. The number of pyridine rings is 1.